The van der Waals surface area contributed by atoms with Gasteiger partial charge in [0.2, 0.25) is 0 Å². The quantitative estimate of drug-likeness (QED) is 0.910. The third kappa shape index (κ3) is 4.56. The number of piperidine rings is 1. The lowest BCUT2D eigenvalue weighted by Gasteiger charge is -2.30. The highest BCUT2D eigenvalue weighted by Crippen LogP contribution is 2.18. The zero-order valence-electron chi connectivity index (χ0n) is 14.2. The number of anilines is 1. The summed E-state index contributed by atoms with van der Waals surface area (Å²) >= 11 is 0. The Bertz CT molecular complexity index is 677. The number of hydrogen-bond acceptors (Lipinski definition) is 4. The van der Waals surface area contributed by atoms with E-state index in [2.05, 4.69) is 52.5 Å². The van der Waals surface area contributed by atoms with Crippen molar-refractivity contribution in [3.8, 4) is 6.07 Å². The molecule has 0 bridgehead atoms. The van der Waals surface area contributed by atoms with Gasteiger partial charge in [-0.1, -0.05) is 31.2 Å². The van der Waals surface area contributed by atoms with Crippen LogP contribution in [0, 0.1) is 17.2 Å². The molecule has 0 radical (unpaired) electrons. The molecule has 1 saturated heterocycles. The van der Waals surface area contributed by atoms with Gasteiger partial charge in [0, 0.05) is 19.3 Å². The van der Waals surface area contributed by atoms with E-state index < -0.39 is 0 Å². The molecule has 0 saturated carbocycles. The molecular formula is C20H24N4. The molecule has 1 aromatic carbocycles. The van der Waals surface area contributed by atoms with Gasteiger partial charge >= 0.3 is 0 Å². The summed E-state index contributed by atoms with van der Waals surface area (Å²) in [4.78, 5) is 6.77. The van der Waals surface area contributed by atoms with Crippen molar-refractivity contribution in [2.75, 3.05) is 18.4 Å². The van der Waals surface area contributed by atoms with Crippen LogP contribution < -0.4 is 5.32 Å². The molecule has 1 fully saturated rings. The first kappa shape index (κ1) is 16.5. The van der Waals surface area contributed by atoms with Crippen LogP contribution in [-0.4, -0.2) is 23.0 Å². The first-order valence-electron chi connectivity index (χ1n) is 8.63. The average molecular weight is 320 g/mol. The Morgan fingerprint density at radius 1 is 1.12 bits per heavy atom. The molecule has 1 aromatic heterocycles. The van der Waals surface area contributed by atoms with Gasteiger partial charge in [-0.3, -0.25) is 4.90 Å². The van der Waals surface area contributed by atoms with E-state index in [4.69, 9.17) is 5.26 Å². The monoisotopic (exact) mass is 320 g/mol. The summed E-state index contributed by atoms with van der Waals surface area (Å²) in [6.45, 7) is 6.57. The van der Waals surface area contributed by atoms with Gasteiger partial charge in [-0.2, -0.15) is 5.26 Å². The van der Waals surface area contributed by atoms with Gasteiger partial charge in [-0.05, 0) is 55.1 Å². The van der Waals surface area contributed by atoms with Gasteiger partial charge in [-0.25, -0.2) is 4.98 Å². The van der Waals surface area contributed by atoms with E-state index in [0.29, 0.717) is 5.56 Å². The zero-order chi connectivity index (χ0) is 16.8. The van der Waals surface area contributed by atoms with Crippen LogP contribution in [0.15, 0.2) is 42.6 Å². The molecule has 0 amide bonds. The standard InChI is InChI=1S/C20H24N4/c1-16-8-10-24(11-9-16)15-18-4-2-17(3-5-18)13-22-20-7-6-19(12-21)14-23-20/h2-7,14,16H,8-11,13,15H2,1H3,(H,22,23). The van der Waals surface area contributed by atoms with E-state index in [9.17, 15) is 0 Å². The number of nitrogens with one attached hydrogen (secondary N) is 1. The zero-order valence-corrected chi connectivity index (χ0v) is 14.2. The van der Waals surface area contributed by atoms with E-state index in [1.165, 1.54) is 37.1 Å². The normalized spacial score (nSPS) is 15.8. The van der Waals surface area contributed by atoms with Crippen molar-refractivity contribution in [3.63, 3.8) is 0 Å². The second kappa shape index (κ2) is 7.94. The van der Waals surface area contributed by atoms with Crippen LogP contribution in [0.1, 0.15) is 36.5 Å². The summed E-state index contributed by atoms with van der Waals surface area (Å²) in [5, 5.41) is 12.1. The number of nitrogens with zero attached hydrogens (tertiary/aromatic N) is 3. The maximum Gasteiger partial charge on any atom is 0.126 e. The second-order valence-corrected chi connectivity index (χ2v) is 6.67. The maximum absolute atomic E-state index is 8.78. The van der Waals surface area contributed by atoms with E-state index >= 15 is 0 Å². The summed E-state index contributed by atoms with van der Waals surface area (Å²) in [6.07, 6.45) is 4.23. The first-order valence-corrected chi connectivity index (χ1v) is 8.63. The van der Waals surface area contributed by atoms with E-state index in [1.54, 1.807) is 12.3 Å². The van der Waals surface area contributed by atoms with Gasteiger partial charge in [-0.15, -0.1) is 0 Å². The van der Waals surface area contributed by atoms with Gasteiger partial charge in [0.05, 0.1) is 5.56 Å². The third-order valence-electron chi connectivity index (χ3n) is 4.67. The van der Waals surface area contributed by atoms with Crippen LogP contribution in [0.3, 0.4) is 0 Å². The topological polar surface area (TPSA) is 52.0 Å². The van der Waals surface area contributed by atoms with Crippen molar-refractivity contribution in [2.24, 2.45) is 5.92 Å². The molecule has 0 unspecified atom stereocenters. The van der Waals surface area contributed by atoms with Crippen molar-refractivity contribution >= 4 is 5.82 Å². The van der Waals surface area contributed by atoms with Crippen molar-refractivity contribution < 1.29 is 0 Å². The van der Waals surface area contributed by atoms with Crippen LogP contribution in [0.25, 0.3) is 0 Å². The number of hydrogen-bond donors (Lipinski definition) is 1. The molecule has 1 aliphatic rings. The molecule has 4 nitrogen and oxygen atoms in total. The summed E-state index contributed by atoms with van der Waals surface area (Å²) in [5.74, 6) is 1.67. The Morgan fingerprint density at radius 2 is 1.83 bits per heavy atom. The lowest BCUT2D eigenvalue weighted by atomic mass is 9.99. The lowest BCUT2D eigenvalue weighted by Crippen LogP contribution is -2.32. The highest BCUT2D eigenvalue weighted by atomic mass is 15.1. The van der Waals surface area contributed by atoms with Gasteiger partial charge in [0.15, 0.2) is 0 Å². The molecule has 124 valence electrons. The molecule has 2 heterocycles. The summed E-state index contributed by atoms with van der Waals surface area (Å²) < 4.78 is 0. The van der Waals surface area contributed by atoms with Crippen molar-refractivity contribution in [1.82, 2.24) is 9.88 Å². The Balaban J connectivity index is 1.50. The molecule has 1 aliphatic heterocycles. The highest BCUT2D eigenvalue weighted by Gasteiger charge is 2.15. The van der Waals surface area contributed by atoms with Crippen molar-refractivity contribution in [2.45, 2.75) is 32.9 Å². The molecular weight excluding hydrogens is 296 g/mol. The van der Waals surface area contributed by atoms with E-state index in [0.717, 1.165) is 24.8 Å². The molecule has 1 N–H and O–H groups in total. The highest BCUT2D eigenvalue weighted by molar-refractivity contribution is 5.39. The first-order chi connectivity index (χ1) is 11.7. The van der Waals surface area contributed by atoms with Crippen LogP contribution in [0.5, 0.6) is 0 Å². The third-order valence-corrected chi connectivity index (χ3v) is 4.67. The van der Waals surface area contributed by atoms with Crippen molar-refractivity contribution in [3.05, 3.63) is 59.3 Å². The van der Waals surface area contributed by atoms with Crippen LogP contribution >= 0.6 is 0 Å². The van der Waals surface area contributed by atoms with Crippen LogP contribution in [0.2, 0.25) is 0 Å². The summed E-state index contributed by atoms with van der Waals surface area (Å²) in [6, 6.07) is 14.5. The minimum Gasteiger partial charge on any atom is -0.366 e. The fourth-order valence-electron chi connectivity index (χ4n) is 3.00. The SMILES string of the molecule is CC1CCN(Cc2ccc(CNc3ccc(C#N)cn3)cc2)CC1. The fourth-order valence-corrected chi connectivity index (χ4v) is 3.00. The molecule has 0 atom stereocenters. The predicted octanol–water partition coefficient (Wildman–Crippen LogP) is 3.80. The van der Waals surface area contributed by atoms with Gasteiger partial charge in [0.1, 0.15) is 11.9 Å². The molecule has 0 spiro atoms. The molecule has 3 rings (SSSR count). The average Bonchev–Trinajstić information content (AvgIpc) is 2.63. The van der Waals surface area contributed by atoms with Gasteiger partial charge in [0.25, 0.3) is 0 Å². The minimum absolute atomic E-state index is 0.581. The number of rotatable bonds is 5. The summed E-state index contributed by atoms with van der Waals surface area (Å²) in [7, 11) is 0. The lowest BCUT2D eigenvalue weighted by molar-refractivity contribution is 0.185. The Kier molecular flexibility index (Phi) is 5.45. The maximum atomic E-state index is 8.78. The molecule has 4 heteroatoms. The number of benzene rings is 1. The predicted molar refractivity (Wildman–Crippen MR) is 96.4 cm³/mol. The molecule has 0 aliphatic carbocycles. The molecule has 2 aromatic rings. The van der Waals surface area contributed by atoms with E-state index in [-0.39, 0.29) is 0 Å². The largest absolute Gasteiger partial charge is 0.366 e. The van der Waals surface area contributed by atoms with Crippen LogP contribution in [-0.2, 0) is 13.1 Å². The van der Waals surface area contributed by atoms with Gasteiger partial charge < -0.3 is 5.32 Å². The number of pyridine rings is 1. The van der Waals surface area contributed by atoms with Crippen molar-refractivity contribution in [1.29, 1.82) is 5.26 Å². The Morgan fingerprint density at radius 3 is 2.46 bits per heavy atom. The number of likely N-dealkylation sites (tertiary alicyclic amines) is 1. The second-order valence-electron chi connectivity index (χ2n) is 6.67. The minimum atomic E-state index is 0.581. The number of aromatic nitrogens is 1. The Hall–Kier alpha value is -2.38. The number of nitriles is 1. The fraction of sp³-hybridized carbons (Fsp3) is 0.400. The van der Waals surface area contributed by atoms with E-state index in [1.807, 2.05) is 6.07 Å². The molecule has 24 heavy (non-hydrogen) atoms. The Labute approximate surface area is 144 Å². The summed E-state index contributed by atoms with van der Waals surface area (Å²) in [5.41, 5.74) is 3.19. The smallest absolute Gasteiger partial charge is 0.126 e. The van der Waals surface area contributed by atoms with Crippen LogP contribution in [0.4, 0.5) is 5.82 Å².